The van der Waals surface area contributed by atoms with Crippen LogP contribution in [0.3, 0.4) is 0 Å². The molecule has 1 heterocycles. The molecule has 0 amide bonds. The van der Waals surface area contributed by atoms with E-state index in [4.69, 9.17) is 0 Å². The number of benzene rings is 1. The third-order valence-electron chi connectivity index (χ3n) is 4.02. The van der Waals surface area contributed by atoms with Gasteiger partial charge < -0.3 is 9.88 Å². The van der Waals surface area contributed by atoms with Crippen molar-refractivity contribution in [2.75, 3.05) is 6.54 Å². The maximum Gasteiger partial charge on any atom is 0.0482 e. The minimum absolute atomic E-state index is 0.611. The Morgan fingerprint density at radius 3 is 2.60 bits per heavy atom. The van der Waals surface area contributed by atoms with E-state index < -0.39 is 0 Å². The molecule has 0 aliphatic rings. The van der Waals surface area contributed by atoms with E-state index in [-0.39, 0.29) is 0 Å². The van der Waals surface area contributed by atoms with Gasteiger partial charge in [0.1, 0.15) is 0 Å². The van der Waals surface area contributed by atoms with Gasteiger partial charge in [-0.1, -0.05) is 32.0 Å². The number of hydrogen-bond acceptors (Lipinski definition) is 1. The van der Waals surface area contributed by atoms with Gasteiger partial charge >= 0.3 is 0 Å². The molecule has 0 radical (unpaired) electrons. The topological polar surface area (TPSA) is 17.0 Å². The number of rotatable bonds is 7. The van der Waals surface area contributed by atoms with Gasteiger partial charge in [0.15, 0.2) is 0 Å². The normalized spacial score (nSPS) is 13.2. The molecule has 1 aromatic carbocycles. The molecular weight excluding hydrogens is 244 g/mol. The molecule has 0 spiro atoms. The van der Waals surface area contributed by atoms with Crippen molar-refractivity contribution in [3.8, 4) is 0 Å². The predicted octanol–water partition coefficient (Wildman–Crippen LogP) is 4.36. The monoisotopic (exact) mass is 272 g/mol. The average molecular weight is 272 g/mol. The number of fused-ring (bicyclic) bond motifs is 1. The van der Waals surface area contributed by atoms with Crippen LogP contribution in [0.15, 0.2) is 30.3 Å². The van der Waals surface area contributed by atoms with Gasteiger partial charge in [0.05, 0.1) is 0 Å². The van der Waals surface area contributed by atoms with Crippen LogP contribution in [-0.2, 0) is 6.54 Å². The van der Waals surface area contributed by atoms with Crippen LogP contribution in [0.2, 0.25) is 0 Å². The van der Waals surface area contributed by atoms with Gasteiger partial charge in [-0.15, -0.1) is 0 Å². The first kappa shape index (κ1) is 15.1. The quantitative estimate of drug-likeness (QED) is 0.792. The number of para-hydroxylation sites is 1. The second kappa shape index (κ2) is 6.94. The van der Waals surface area contributed by atoms with Gasteiger partial charge in [-0.3, -0.25) is 0 Å². The second-order valence-corrected chi connectivity index (χ2v) is 6.32. The fraction of sp³-hybridized carbons (Fsp3) is 0.556. The highest BCUT2D eigenvalue weighted by molar-refractivity contribution is 5.81. The van der Waals surface area contributed by atoms with Crippen LogP contribution in [0.5, 0.6) is 0 Å². The van der Waals surface area contributed by atoms with Crippen molar-refractivity contribution in [1.82, 2.24) is 9.88 Å². The molecule has 0 saturated carbocycles. The summed E-state index contributed by atoms with van der Waals surface area (Å²) in [6.45, 7) is 11.2. The van der Waals surface area contributed by atoms with Gasteiger partial charge in [0.25, 0.3) is 0 Å². The molecule has 0 aliphatic carbocycles. The van der Waals surface area contributed by atoms with Crippen LogP contribution >= 0.6 is 0 Å². The summed E-state index contributed by atoms with van der Waals surface area (Å²) in [4.78, 5) is 0. The molecule has 2 aromatic rings. The Balaban J connectivity index is 1.88. The summed E-state index contributed by atoms with van der Waals surface area (Å²) in [5, 5.41) is 4.99. The lowest BCUT2D eigenvalue weighted by Gasteiger charge is -2.16. The molecule has 1 atom stereocenters. The van der Waals surface area contributed by atoms with E-state index in [9.17, 15) is 0 Å². The molecule has 0 fully saturated rings. The van der Waals surface area contributed by atoms with Crippen molar-refractivity contribution in [3.05, 3.63) is 36.0 Å². The van der Waals surface area contributed by atoms with E-state index >= 15 is 0 Å². The fourth-order valence-electron chi connectivity index (χ4n) is 2.75. The first-order valence-electron chi connectivity index (χ1n) is 7.86. The van der Waals surface area contributed by atoms with Gasteiger partial charge in [-0.05, 0) is 50.1 Å². The van der Waals surface area contributed by atoms with Crippen LogP contribution in [0.4, 0.5) is 0 Å². The standard InChI is InChI=1S/C18H28N2/c1-14(2)9-10-15(3)19-11-12-20-16(4)13-17-7-5-6-8-18(17)20/h5-8,13-15,19H,9-12H2,1-4H3. The van der Waals surface area contributed by atoms with Crippen LogP contribution in [0.1, 0.15) is 39.3 Å². The zero-order chi connectivity index (χ0) is 14.5. The molecule has 0 aliphatic heterocycles. The van der Waals surface area contributed by atoms with E-state index in [2.05, 4.69) is 67.9 Å². The minimum atomic E-state index is 0.611. The van der Waals surface area contributed by atoms with Crippen molar-refractivity contribution < 1.29 is 0 Å². The molecule has 1 unspecified atom stereocenters. The van der Waals surface area contributed by atoms with E-state index in [1.54, 1.807) is 0 Å². The first-order chi connectivity index (χ1) is 9.58. The highest BCUT2D eigenvalue weighted by Crippen LogP contribution is 2.18. The smallest absolute Gasteiger partial charge is 0.0482 e. The summed E-state index contributed by atoms with van der Waals surface area (Å²) in [7, 11) is 0. The fourth-order valence-corrected chi connectivity index (χ4v) is 2.75. The van der Waals surface area contributed by atoms with Crippen molar-refractivity contribution in [2.45, 2.75) is 53.1 Å². The van der Waals surface area contributed by atoms with E-state index in [1.807, 2.05) is 0 Å². The zero-order valence-corrected chi connectivity index (χ0v) is 13.3. The van der Waals surface area contributed by atoms with E-state index in [0.717, 1.165) is 19.0 Å². The summed E-state index contributed by atoms with van der Waals surface area (Å²) >= 11 is 0. The van der Waals surface area contributed by atoms with E-state index in [1.165, 1.54) is 29.4 Å². The lowest BCUT2D eigenvalue weighted by Crippen LogP contribution is -2.29. The van der Waals surface area contributed by atoms with Gasteiger partial charge in [-0.25, -0.2) is 0 Å². The SMILES string of the molecule is Cc1cc2ccccc2n1CCNC(C)CCC(C)C. The van der Waals surface area contributed by atoms with Gasteiger partial charge in [-0.2, -0.15) is 0 Å². The van der Waals surface area contributed by atoms with Crippen LogP contribution in [0.25, 0.3) is 10.9 Å². The average Bonchev–Trinajstić information content (AvgIpc) is 2.73. The van der Waals surface area contributed by atoms with Crippen molar-refractivity contribution in [1.29, 1.82) is 0 Å². The summed E-state index contributed by atoms with van der Waals surface area (Å²) < 4.78 is 2.41. The Morgan fingerprint density at radius 1 is 1.10 bits per heavy atom. The Bertz CT molecular complexity index is 539. The van der Waals surface area contributed by atoms with E-state index in [0.29, 0.717) is 6.04 Å². The van der Waals surface area contributed by atoms with Crippen LogP contribution in [0, 0.1) is 12.8 Å². The Morgan fingerprint density at radius 2 is 1.85 bits per heavy atom. The lowest BCUT2D eigenvalue weighted by molar-refractivity contribution is 0.442. The Labute approximate surface area is 123 Å². The minimum Gasteiger partial charge on any atom is -0.344 e. The molecular formula is C18H28N2. The second-order valence-electron chi connectivity index (χ2n) is 6.32. The summed E-state index contributed by atoms with van der Waals surface area (Å²) in [5.74, 6) is 0.801. The van der Waals surface area contributed by atoms with Crippen LogP contribution < -0.4 is 5.32 Å². The highest BCUT2D eigenvalue weighted by atomic mass is 15.0. The molecule has 1 N–H and O–H groups in total. The Hall–Kier alpha value is -1.28. The number of aryl methyl sites for hydroxylation is 1. The maximum absolute atomic E-state index is 3.65. The third kappa shape index (κ3) is 3.86. The molecule has 2 nitrogen and oxygen atoms in total. The molecule has 1 aromatic heterocycles. The summed E-state index contributed by atoms with van der Waals surface area (Å²) in [6, 6.07) is 11.5. The van der Waals surface area contributed by atoms with Crippen molar-refractivity contribution in [2.24, 2.45) is 5.92 Å². The maximum atomic E-state index is 3.65. The molecule has 2 heteroatoms. The third-order valence-corrected chi connectivity index (χ3v) is 4.02. The number of aromatic nitrogens is 1. The first-order valence-corrected chi connectivity index (χ1v) is 7.86. The van der Waals surface area contributed by atoms with Crippen molar-refractivity contribution in [3.63, 3.8) is 0 Å². The largest absolute Gasteiger partial charge is 0.344 e. The highest BCUT2D eigenvalue weighted by Gasteiger charge is 2.06. The van der Waals surface area contributed by atoms with Crippen LogP contribution in [-0.4, -0.2) is 17.2 Å². The number of nitrogens with zero attached hydrogens (tertiary/aromatic N) is 1. The Kier molecular flexibility index (Phi) is 5.24. The molecule has 20 heavy (non-hydrogen) atoms. The number of hydrogen-bond donors (Lipinski definition) is 1. The lowest BCUT2D eigenvalue weighted by atomic mass is 10.0. The van der Waals surface area contributed by atoms with Gasteiger partial charge in [0.2, 0.25) is 0 Å². The predicted molar refractivity (Wildman–Crippen MR) is 88.2 cm³/mol. The molecule has 2 rings (SSSR count). The molecule has 110 valence electrons. The molecule has 0 bridgehead atoms. The summed E-state index contributed by atoms with van der Waals surface area (Å²) in [5.41, 5.74) is 2.70. The zero-order valence-electron chi connectivity index (χ0n) is 13.3. The summed E-state index contributed by atoms with van der Waals surface area (Å²) in [6.07, 6.45) is 2.57. The number of nitrogens with one attached hydrogen (secondary N) is 1. The molecule has 0 saturated heterocycles. The van der Waals surface area contributed by atoms with Crippen molar-refractivity contribution >= 4 is 10.9 Å². The van der Waals surface area contributed by atoms with Gasteiger partial charge in [0, 0.05) is 30.3 Å².